The average molecular weight is 399 g/mol. The van der Waals surface area contributed by atoms with E-state index >= 15 is 0 Å². The Hall–Kier alpha value is -2.50. The Morgan fingerprint density at radius 3 is 2.26 bits per heavy atom. The fourth-order valence-electron chi connectivity index (χ4n) is 2.58. The van der Waals surface area contributed by atoms with Crippen LogP contribution in [-0.4, -0.2) is 20.4 Å². The van der Waals surface area contributed by atoms with Gasteiger partial charge in [-0.2, -0.15) is 0 Å². The van der Waals surface area contributed by atoms with Crippen molar-refractivity contribution in [3.8, 4) is 16.9 Å². The van der Waals surface area contributed by atoms with Crippen molar-refractivity contribution in [1.82, 2.24) is 9.55 Å². The number of imidazole rings is 1. The number of Topliss-reactive ketones (excluding diaryl/α,β-unsaturated/α-hetero) is 1. The van der Waals surface area contributed by atoms with Crippen LogP contribution in [0.25, 0.3) is 16.9 Å². The topological polar surface area (TPSA) is 55.1 Å². The SMILES string of the molecule is CC(=O)C(Sc1nc(-c2ccc(Cl)cc2)cn1-c1ccc(C)cc1)=C(C)O. The zero-order chi connectivity index (χ0) is 19.6. The molecule has 3 rings (SSSR count). The number of aliphatic hydroxyl groups is 1. The van der Waals surface area contributed by atoms with Gasteiger partial charge >= 0.3 is 0 Å². The highest BCUT2D eigenvalue weighted by Gasteiger charge is 2.18. The van der Waals surface area contributed by atoms with Crippen LogP contribution in [-0.2, 0) is 4.79 Å². The lowest BCUT2D eigenvalue weighted by Gasteiger charge is -2.09. The van der Waals surface area contributed by atoms with Crippen LogP contribution < -0.4 is 0 Å². The number of halogens is 1. The number of benzene rings is 2. The number of allylic oxidation sites excluding steroid dienone is 2. The summed E-state index contributed by atoms with van der Waals surface area (Å²) in [5.41, 5.74) is 3.75. The molecule has 4 nitrogen and oxygen atoms in total. The standard InChI is InChI=1S/C21H19ClN2O2S/c1-13-4-10-18(11-5-13)24-12-19(16-6-8-17(22)9-7-16)23-21(24)27-20(14(2)25)15(3)26/h4-12,25H,1-3H3. The number of hydrogen-bond donors (Lipinski definition) is 1. The number of rotatable bonds is 5. The average Bonchev–Trinajstić information content (AvgIpc) is 3.04. The maximum Gasteiger partial charge on any atom is 0.178 e. The molecular formula is C21H19ClN2O2S. The number of aliphatic hydroxyl groups excluding tert-OH is 1. The number of nitrogens with zero attached hydrogens (tertiary/aromatic N) is 2. The smallest absolute Gasteiger partial charge is 0.178 e. The normalized spacial score (nSPS) is 12.0. The van der Waals surface area contributed by atoms with Gasteiger partial charge in [-0.25, -0.2) is 4.98 Å². The van der Waals surface area contributed by atoms with Crippen molar-refractivity contribution in [2.24, 2.45) is 0 Å². The molecule has 0 bridgehead atoms. The summed E-state index contributed by atoms with van der Waals surface area (Å²) in [6.07, 6.45) is 1.92. The molecule has 2 aromatic carbocycles. The molecule has 1 N–H and O–H groups in total. The number of carbonyl (C=O) groups excluding carboxylic acids is 1. The van der Waals surface area contributed by atoms with Crippen LogP contribution in [0.5, 0.6) is 0 Å². The molecule has 6 heteroatoms. The minimum Gasteiger partial charge on any atom is -0.511 e. The van der Waals surface area contributed by atoms with Gasteiger partial charge in [-0.3, -0.25) is 9.36 Å². The Morgan fingerprint density at radius 2 is 1.70 bits per heavy atom. The monoisotopic (exact) mass is 398 g/mol. The molecule has 0 radical (unpaired) electrons. The van der Waals surface area contributed by atoms with E-state index in [1.165, 1.54) is 13.8 Å². The van der Waals surface area contributed by atoms with E-state index in [1.807, 2.05) is 66.2 Å². The van der Waals surface area contributed by atoms with E-state index in [2.05, 4.69) is 0 Å². The molecule has 1 aromatic heterocycles. The lowest BCUT2D eigenvalue weighted by molar-refractivity contribution is -0.113. The summed E-state index contributed by atoms with van der Waals surface area (Å²) in [5, 5.41) is 11.1. The molecule has 0 fully saturated rings. The number of thioether (sulfide) groups is 1. The highest BCUT2D eigenvalue weighted by Crippen LogP contribution is 2.33. The first-order chi connectivity index (χ1) is 12.8. The Balaban J connectivity index is 2.11. The Bertz CT molecular complexity index is 1000. The molecule has 27 heavy (non-hydrogen) atoms. The summed E-state index contributed by atoms with van der Waals surface area (Å²) in [6.45, 7) is 4.96. The summed E-state index contributed by atoms with van der Waals surface area (Å²) < 4.78 is 1.92. The molecule has 0 aliphatic carbocycles. The van der Waals surface area contributed by atoms with Crippen molar-refractivity contribution in [1.29, 1.82) is 0 Å². The summed E-state index contributed by atoms with van der Waals surface area (Å²) in [7, 11) is 0. The zero-order valence-corrected chi connectivity index (χ0v) is 16.8. The fraction of sp³-hybridized carbons (Fsp3) is 0.143. The van der Waals surface area contributed by atoms with E-state index < -0.39 is 0 Å². The van der Waals surface area contributed by atoms with E-state index in [0.29, 0.717) is 10.2 Å². The lowest BCUT2D eigenvalue weighted by atomic mass is 10.2. The predicted octanol–water partition coefficient (Wildman–Crippen LogP) is 5.97. The van der Waals surface area contributed by atoms with Crippen molar-refractivity contribution in [3.05, 3.63) is 76.0 Å². The largest absolute Gasteiger partial charge is 0.511 e. The van der Waals surface area contributed by atoms with Gasteiger partial charge < -0.3 is 5.11 Å². The third kappa shape index (κ3) is 4.43. The van der Waals surface area contributed by atoms with Crippen molar-refractivity contribution in [3.63, 3.8) is 0 Å². The summed E-state index contributed by atoms with van der Waals surface area (Å²) >= 11 is 7.14. The molecule has 0 saturated heterocycles. The van der Waals surface area contributed by atoms with Crippen LogP contribution in [0.4, 0.5) is 0 Å². The van der Waals surface area contributed by atoms with Crippen molar-refractivity contribution in [2.75, 3.05) is 0 Å². The summed E-state index contributed by atoms with van der Waals surface area (Å²) in [6, 6.07) is 15.5. The van der Waals surface area contributed by atoms with Gasteiger partial charge in [-0.05, 0) is 56.8 Å². The highest BCUT2D eigenvalue weighted by atomic mass is 35.5. The van der Waals surface area contributed by atoms with Gasteiger partial charge in [0.1, 0.15) is 5.76 Å². The van der Waals surface area contributed by atoms with E-state index in [9.17, 15) is 9.90 Å². The molecule has 0 unspecified atom stereocenters. The van der Waals surface area contributed by atoms with E-state index in [-0.39, 0.29) is 16.4 Å². The van der Waals surface area contributed by atoms with Gasteiger partial charge in [-0.1, -0.05) is 41.4 Å². The van der Waals surface area contributed by atoms with Crippen molar-refractivity contribution < 1.29 is 9.90 Å². The summed E-state index contributed by atoms with van der Waals surface area (Å²) in [4.78, 5) is 16.9. The van der Waals surface area contributed by atoms with E-state index in [1.54, 1.807) is 0 Å². The predicted molar refractivity (Wildman–Crippen MR) is 111 cm³/mol. The first kappa shape index (κ1) is 19.3. The minimum absolute atomic E-state index is 0.0148. The molecule has 0 saturated carbocycles. The number of aromatic nitrogens is 2. The van der Waals surface area contributed by atoms with Crippen molar-refractivity contribution >= 4 is 29.1 Å². The number of aryl methyl sites for hydroxylation is 1. The summed E-state index contributed by atoms with van der Waals surface area (Å²) in [5.74, 6) is -0.217. The third-order valence-electron chi connectivity index (χ3n) is 3.97. The molecular weight excluding hydrogens is 380 g/mol. The van der Waals surface area contributed by atoms with E-state index in [4.69, 9.17) is 16.6 Å². The Labute approximate surface area is 167 Å². The maximum atomic E-state index is 11.9. The van der Waals surface area contributed by atoms with Crippen molar-refractivity contribution in [2.45, 2.75) is 25.9 Å². The van der Waals surface area contributed by atoms with Gasteiger partial charge in [-0.15, -0.1) is 0 Å². The first-order valence-electron chi connectivity index (χ1n) is 8.36. The molecule has 138 valence electrons. The molecule has 0 aliphatic rings. The van der Waals surface area contributed by atoms with Gasteiger partial charge in [0.15, 0.2) is 10.9 Å². The van der Waals surface area contributed by atoms with Crippen LogP contribution in [0.2, 0.25) is 5.02 Å². The lowest BCUT2D eigenvalue weighted by Crippen LogP contribution is -2.00. The quantitative estimate of drug-likeness (QED) is 0.326. The Kier molecular flexibility index (Phi) is 5.73. The van der Waals surface area contributed by atoms with Crippen LogP contribution in [0.3, 0.4) is 0 Å². The van der Waals surface area contributed by atoms with Crippen LogP contribution in [0.1, 0.15) is 19.4 Å². The van der Waals surface area contributed by atoms with Gasteiger partial charge in [0.05, 0.1) is 10.6 Å². The number of ketones is 1. The first-order valence-corrected chi connectivity index (χ1v) is 9.55. The van der Waals surface area contributed by atoms with Gasteiger partial charge in [0.2, 0.25) is 0 Å². The fourth-order valence-corrected chi connectivity index (χ4v) is 3.58. The Morgan fingerprint density at radius 1 is 1.07 bits per heavy atom. The zero-order valence-electron chi connectivity index (χ0n) is 15.2. The minimum atomic E-state index is -0.202. The van der Waals surface area contributed by atoms with Gasteiger partial charge in [0.25, 0.3) is 0 Å². The molecule has 1 heterocycles. The van der Waals surface area contributed by atoms with Gasteiger partial charge in [0, 0.05) is 22.5 Å². The second-order valence-corrected chi connectivity index (χ2v) is 7.61. The molecule has 0 amide bonds. The second kappa shape index (κ2) is 8.03. The highest BCUT2D eigenvalue weighted by molar-refractivity contribution is 8.03. The van der Waals surface area contributed by atoms with Crippen LogP contribution in [0.15, 0.2) is 70.5 Å². The number of carbonyl (C=O) groups is 1. The van der Waals surface area contributed by atoms with Crippen LogP contribution >= 0.6 is 23.4 Å². The third-order valence-corrected chi connectivity index (χ3v) is 5.48. The van der Waals surface area contributed by atoms with Crippen LogP contribution in [0, 0.1) is 6.92 Å². The molecule has 0 spiro atoms. The molecule has 0 atom stereocenters. The molecule has 3 aromatic rings. The number of hydrogen-bond acceptors (Lipinski definition) is 4. The second-order valence-electron chi connectivity index (χ2n) is 6.19. The maximum absolute atomic E-state index is 11.9. The molecule has 0 aliphatic heterocycles. The van der Waals surface area contributed by atoms with E-state index in [0.717, 1.165) is 34.3 Å².